The number of hydrogen-bond acceptors (Lipinski definition) is 3. The van der Waals surface area contributed by atoms with Crippen LogP contribution in [-0.4, -0.2) is 34.5 Å². The summed E-state index contributed by atoms with van der Waals surface area (Å²) in [4.78, 5) is 25.5. The number of benzene rings is 3. The normalized spacial score (nSPS) is 15.6. The van der Waals surface area contributed by atoms with E-state index in [9.17, 15) is 23.5 Å². The molecule has 0 spiro atoms. The predicted octanol–water partition coefficient (Wildman–Crippen LogP) is 4.90. The van der Waals surface area contributed by atoms with Gasteiger partial charge in [0.15, 0.2) is 0 Å². The van der Waals surface area contributed by atoms with E-state index in [-0.39, 0.29) is 12.5 Å². The number of amides is 1. The second-order valence-electron chi connectivity index (χ2n) is 7.63. The number of carboxylic acids is 1. The highest BCUT2D eigenvalue weighted by molar-refractivity contribution is 5.97. The topological polar surface area (TPSA) is 66.8 Å². The van der Waals surface area contributed by atoms with Gasteiger partial charge < -0.3 is 14.7 Å². The number of aliphatic carboxylic acids is 1. The Labute approximate surface area is 183 Å². The van der Waals surface area contributed by atoms with Crippen LogP contribution in [0.4, 0.5) is 8.78 Å². The summed E-state index contributed by atoms with van der Waals surface area (Å²) in [5.74, 6) is -2.00. The van der Waals surface area contributed by atoms with E-state index in [1.165, 1.54) is 17.0 Å². The molecule has 0 unspecified atom stereocenters. The van der Waals surface area contributed by atoms with Crippen LogP contribution in [0.25, 0.3) is 11.1 Å². The standard InChI is InChI=1S/C25H21F2NO4/c26-19-8-11-21(22(27)14-19)17-6-9-20(10-7-17)32-15-16-3-1-4-18(13-16)24(29)28-12-2-5-23(28)25(30)31/h1,3-4,6-11,13-14,23H,2,5,12,15H2,(H,30,31)/t23-/m0/s1. The van der Waals surface area contributed by atoms with Gasteiger partial charge in [-0.3, -0.25) is 4.79 Å². The molecule has 4 rings (SSSR count). The average molecular weight is 437 g/mol. The van der Waals surface area contributed by atoms with Gasteiger partial charge in [-0.05, 0) is 60.4 Å². The fourth-order valence-corrected chi connectivity index (χ4v) is 3.85. The highest BCUT2D eigenvalue weighted by Crippen LogP contribution is 2.26. The molecular formula is C25H21F2NO4. The van der Waals surface area contributed by atoms with Gasteiger partial charge in [0.2, 0.25) is 0 Å². The van der Waals surface area contributed by atoms with Crippen molar-refractivity contribution in [2.24, 2.45) is 0 Å². The summed E-state index contributed by atoms with van der Waals surface area (Å²) in [5, 5.41) is 9.31. The van der Waals surface area contributed by atoms with Crippen molar-refractivity contribution in [3.05, 3.63) is 89.5 Å². The molecule has 1 atom stereocenters. The molecule has 1 fully saturated rings. The number of likely N-dealkylation sites (tertiary alicyclic amines) is 1. The molecule has 0 radical (unpaired) electrons. The van der Waals surface area contributed by atoms with Crippen LogP contribution >= 0.6 is 0 Å². The smallest absolute Gasteiger partial charge is 0.326 e. The zero-order valence-electron chi connectivity index (χ0n) is 17.1. The zero-order valence-corrected chi connectivity index (χ0v) is 17.1. The molecule has 1 aliphatic heterocycles. The highest BCUT2D eigenvalue weighted by Gasteiger charge is 2.34. The summed E-state index contributed by atoms with van der Waals surface area (Å²) < 4.78 is 32.8. The Morgan fingerprint density at radius 1 is 1.03 bits per heavy atom. The maximum atomic E-state index is 14.0. The monoisotopic (exact) mass is 437 g/mol. The molecule has 1 amide bonds. The summed E-state index contributed by atoms with van der Waals surface area (Å²) in [6, 6.07) is 16.3. The minimum Gasteiger partial charge on any atom is -0.489 e. The van der Waals surface area contributed by atoms with Crippen LogP contribution in [0, 0.1) is 11.6 Å². The first kappa shape index (κ1) is 21.5. The SMILES string of the molecule is O=C(O)[C@@H]1CCCN1C(=O)c1cccc(COc2ccc(-c3ccc(F)cc3F)cc2)c1. The fourth-order valence-electron chi connectivity index (χ4n) is 3.85. The predicted molar refractivity (Wildman–Crippen MR) is 114 cm³/mol. The van der Waals surface area contributed by atoms with Gasteiger partial charge >= 0.3 is 5.97 Å². The van der Waals surface area contributed by atoms with E-state index in [1.54, 1.807) is 42.5 Å². The number of halogens is 2. The summed E-state index contributed by atoms with van der Waals surface area (Å²) in [6.07, 6.45) is 1.13. The van der Waals surface area contributed by atoms with Crippen molar-refractivity contribution >= 4 is 11.9 Å². The number of carboxylic acid groups (broad SMARTS) is 1. The van der Waals surface area contributed by atoms with Crippen LogP contribution in [0.2, 0.25) is 0 Å². The first-order valence-corrected chi connectivity index (χ1v) is 10.2. The molecular weight excluding hydrogens is 416 g/mol. The molecule has 0 saturated carbocycles. The van der Waals surface area contributed by atoms with Gasteiger partial charge in [0.25, 0.3) is 5.91 Å². The Morgan fingerprint density at radius 3 is 2.53 bits per heavy atom. The van der Waals surface area contributed by atoms with E-state index in [0.717, 1.165) is 11.6 Å². The first-order valence-electron chi connectivity index (χ1n) is 10.2. The van der Waals surface area contributed by atoms with Crippen LogP contribution < -0.4 is 4.74 Å². The number of hydrogen-bond donors (Lipinski definition) is 1. The van der Waals surface area contributed by atoms with Crippen LogP contribution in [0.3, 0.4) is 0 Å². The third kappa shape index (κ3) is 4.61. The lowest BCUT2D eigenvalue weighted by molar-refractivity contribution is -0.141. The minimum absolute atomic E-state index is 0.202. The molecule has 3 aromatic rings. The number of carbonyl (C=O) groups excluding carboxylic acids is 1. The van der Waals surface area contributed by atoms with Crippen molar-refractivity contribution in [2.45, 2.75) is 25.5 Å². The van der Waals surface area contributed by atoms with Gasteiger partial charge in [-0.15, -0.1) is 0 Å². The summed E-state index contributed by atoms with van der Waals surface area (Å²) >= 11 is 0. The molecule has 1 aliphatic rings. The number of nitrogens with zero attached hydrogens (tertiary/aromatic N) is 1. The van der Waals surface area contributed by atoms with Crippen molar-refractivity contribution in [3.8, 4) is 16.9 Å². The zero-order chi connectivity index (χ0) is 22.7. The van der Waals surface area contributed by atoms with Crippen LogP contribution in [-0.2, 0) is 11.4 Å². The summed E-state index contributed by atoms with van der Waals surface area (Å²) in [7, 11) is 0. The summed E-state index contributed by atoms with van der Waals surface area (Å²) in [6.45, 7) is 0.630. The highest BCUT2D eigenvalue weighted by atomic mass is 19.1. The van der Waals surface area contributed by atoms with E-state index in [1.807, 2.05) is 6.07 Å². The van der Waals surface area contributed by atoms with Gasteiger partial charge in [0, 0.05) is 23.7 Å². The van der Waals surface area contributed by atoms with Gasteiger partial charge in [0.1, 0.15) is 30.0 Å². The van der Waals surface area contributed by atoms with Crippen molar-refractivity contribution in [3.63, 3.8) is 0 Å². The largest absolute Gasteiger partial charge is 0.489 e. The Hall–Kier alpha value is -3.74. The Kier molecular flexibility index (Phi) is 6.16. The average Bonchev–Trinajstić information content (AvgIpc) is 3.28. The Morgan fingerprint density at radius 2 is 1.81 bits per heavy atom. The lowest BCUT2D eigenvalue weighted by Gasteiger charge is -2.21. The Bertz CT molecular complexity index is 1150. The van der Waals surface area contributed by atoms with Crippen LogP contribution in [0.15, 0.2) is 66.7 Å². The lowest BCUT2D eigenvalue weighted by Crippen LogP contribution is -2.40. The molecule has 3 aromatic carbocycles. The van der Waals surface area contributed by atoms with Crippen molar-refractivity contribution in [1.29, 1.82) is 0 Å². The van der Waals surface area contributed by atoms with Crippen LogP contribution in [0.1, 0.15) is 28.8 Å². The molecule has 1 heterocycles. The maximum absolute atomic E-state index is 14.0. The van der Waals surface area contributed by atoms with E-state index >= 15 is 0 Å². The van der Waals surface area contributed by atoms with E-state index in [0.29, 0.717) is 41.8 Å². The molecule has 0 bridgehead atoms. The first-order chi connectivity index (χ1) is 15.4. The van der Waals surface area contributed by atoms with Gasteiger partial charge in [-0.1, -0.05) is 24.3 Å². The molecule has 5 nitrogen and oxygen atoms in total. The quantitative estimate of drug-likeness (QED) is 0.596. The molecule has 32 heavy (non-hydrogen) atoms. The summed E-state index contributed by atoms with van der Waals surface area (Å²) in [5.41, 5.74) is 2.07. The van der Waals surface area contributed by atoms with Crippen LogP contribution in [0.5, 0.6) is 5.75 Å². The fraction of sp³-hybridized carbons (Fsp3) is 0.200. The van der Waals surface area contributed by atoms with Crippen molar-refractivity contribution < 1.29 is 28.2 Å². The van der Waals surface area contributed by atoms with Gasteiger partial charge in [0.05, 0.1) is 0 Å². The van der Waals surface area contributed by atoms with E-state index < -0.39 is 23.6 Å². The maximum Gasteiger partial charge on any atom is 0.326 e. The van der Waals surface area contributed by atoms with Gasteiger partial charge in [-0.2, -0.15) is 0 Å². The Balaban J connectivity index is 1.42. The molecule has 0 aliphatic carbocycles. The number of ether oxygens (including phenoxy) is 1. The number of carbonyl (C=O) groups is 2. The van der Waals surface area contributed by atoms with E-state index in [4.69, 9.17) is 4.74 Å². The third-order valence-corrected chi connectivity index (χ3v) is 5.47. The van der Waals surface area contributed by atoms with Crippen molar-refractivity contribution in [1.82, 2.24) is 4.90 Å². The van der Waals surface area contributed by atoms with E-state index in [2.05, 4.69) is 0 Å². The second-order valence-corrected chi connectivity index (χ2v) is 7.63. The van der Waals surface area contributed by atoms with Crippen molar-refractivity contribution in [2.75, 3.05) is 6.54 Å². The lowest BCUT2D eigenvalue weighted by atomic mass is 10.1. The third-order valence-electron chi connectivity index (χ3n) is 5.47. The molecule has 1 saturated heterocycles. The minimum atomic E-state index is -0.987. The molecule has 0 aromatic heterocycles. The second kappa shape index (κ2) is 9.18. The molecule has 1 N–H and O–H groups in total. The number of rotatable bonds is 6. The molecule has 164 valence electrons. The van der Waals surface area contributed by atoms with Gasteiger partial charge in [-0.25, -0.2) is 13.6 Å². The molecule has 7 heteroatoms.